The van der Waals surface area contributed by atoms with Gasteiger partial charge in [-0.2, -0.15) is 0 Å². The van der Waals surface area contributed by atoms with Crippen LogP contribution < -0.4 is 10.2 Å². The van der Waals surface area contributed by atoms with E-state index in [1.54, 1.807) is 18.2 Å². The predicted molar refractivity (Wildman–Crippen MR) is 117 cm³/mol. The first-order valence-electron chi connectivity index (χ1n) is 8.99. The smallest absolute Gasteiger partial charge is 0.232 e. The molecule has 5 rings (SSSR count). The Morgan fingerprint density at radius 3 is 2.57 bits per heavy atom. The van der Waals surface area contributed by atoms with Gasteiger partial charge in [-0.1, -0.05) is 22.7 Å². The average molecular weight is 463 g/mol. The summed E-state index contributed by atoms with van der Waals surface area (Å²) in [6.07, 6.45) is 1.15. The molecule has 0 aliphatic carbocycles. The summed E-state index contributed by atoms with van der Waals surface area (Å²) in [4.78, 5) is 23.6. The summed E-state index contributed by atoms with van der Waals surface area (Å²) in [7, 11) is -3.30. The Hall–Kier alpha value is -2.63. The molecule has 1 fully saturated rings. The van der Waals surface area contributed by atoms with Crippen LogP contribution in [0.2, 0.25) is 0 Å². The molecule has 1 aliphatic heterocycles. The van der Waals surface area contributed by atoms with Crippen LogP contribution in [0.3, 0.4) is 0 Å². The quantitative estimate of drug-likeness (QED) is 0.499. The minimum atomic E-state index is -3.30. The molecule has 0 unspecified atom stereocenters. The highest BCUT2D eigenvalue weighted by Crippen LogP contribution is 2.34. The van der Waals surface area contributed by atoms with Crippen LogP contribution in [0.15, 0.2) is 41.3 Å². The highest BCUT2D eigenvalue weighted by atomic mass is 32.2. The summed E-state index contributed by atoms with van der Waals surface area (Å²) in [5.74, 6) is -0.633. The number of fused-ring (bicyclic) bond motifs is 2. The number of hydrogen-bond donors (Lipinski definition) is 1. The van der Waals surface area contributed by atoms with Gasteiger partial charge in [-0.15, -0.1) is 0 Å². The van der Waals surface area contributed by atoms with Crippen molar-refractivity contribution in [2.75, 3.05) is 29.6 Å². The molecule has 0 bridgehead atoms. The summed E-state index contributed by atoms with van der Waals surface area (Å²) in [5.41, 5.74) is 1.38. The molecule has 2 aromatic carbocycles. The van der Waals surface area contributed by atoms with E-state index in [0.717, 1.165) is 21.6 Å². The molecule has 0 radical (unpaired) electrons. The standard InChI is InChI=1S/C19H15FN4O3S3/c1-30(26,27)12-3-5-13-16(7-12)28-18(21-13)23-17(25)10-8-24(9-10)19-22-14-4-2-11(20)6-15(14)29-19/h2-7,10H,8-9H2,1H3,(H,21,23,25). The minimum Gasteiger partial charge on any atom is -0.346 e. The van der Waals surface area contributed by atoms with Crippen LogP contribution in [0.5, 0.6) is 0 Å². The van der Waals surface area contributed by atoms with Gasteiger partial charge >= 0.3 is 0 Å². The largest absolute Gasteiger partial charge is 0.346 e. The molecule has 0 atom stereocenters. The van der Waals surface area contributed by atoms with Crippen molar-refractivity contribution in [1.29, 1.82) is 0 Å². The minimum absolute atomic E-state index is 0.138. The van der Waals surface area contributed by atoms with Crippen LogP contribution in [-0.2, 0) is 14.6 Å². The normalized spacial score (nSPS) is 14.9. The average Bonchev–Trinajstić information content (AvgIpc) is 3.21. The van der Waals surface area contributed by atoms with E-state index in [2.05, 4.69) is 15.3 Å². The number of rotatable bonds is 4. The molecule has 1 N–H and O–H groups in total. The maximum Gasteiger partial charge on any atom is 0.232 e. The van der Waals surface area contributed by atoms with Crippen LogP contribution in [0.25, 0.3) is 20.4 Å². The topological polar surface area (TPSA) is 92.3 Å². The third-order valence-corrected chi connectivity index (χ3v) is 8.00. The number of anilines is 2. The van der Waals surface area contributed by atoms with E-state index in [4.69, 9.17) is 0 Å². The molecule has 4 aromatic rings. The van der Waals surface area contributed by atoms with Crippen LogP contribution >= 0.6 is 22.7 Å². The molecule has 2 aromatic heterocycles. The third kappa shape index (κ3) is 3.53. The first-order chi connectivity index (χ1) is 14.3. The molecule has 154 valence electrons. The number of amides is 1. The first kappa shape index (κ1) is 19.3. The van der Waals surface area contributed by atoms with Crippen molar-refractivity contribution in [1.82, 2.24) is 9.97 Å². The number of sulfone groups is 1. The zero-order valence-electron chi connectivity index (χ0n) is 15.6. The first-order valence-corrected chi connectivity index (χ1v) is 12.5. The number of thiazole rings is 2. The molecule has 3 heterocycles. The lowest BCUT2D eigenvalue weighted by atomic mass is 10.0. The number of halogens is 1. The van der Waals surface area contributed by atoms with Crippen LogP contribution in [-0.4, -0.2) is 43.6 Å². The van der Waals surface area contributed by atoms with Crippen LogP contribution in [0.4, 0.5) is 14.7 Å². The molecule has 7 nitrogen and oxygen atoms in total. The number of carbonyl (C=O) groups excluding carboxylic acids is 1. The fraction of sp³-hybridized carbons (Fsp3) is 0.211. The molecular formula is C19H15FN4O3S3. The summed E-state index contributed by atoms with van der Waals surface area (Å²) in [5, 5.41) is 4.03. The molecule has 0 spiro atoms. The Bertz CT molecular complexity index is 1410. The molecule has 30 heavy (non-hydrogen) atoms. The number of aromatic nitrogens is 2. The van der Waals surface area contributed by atoms with Gasteiger partial charge < -0.3 is 10.2 Å². The van der Waals surface area contributed by atoms with Crippen molar-refractivity contribution < 1.29 is 17.6 Å². The van der Waals surface area contributed by atoms with Crippen molar-refractivity contribution in [3.05, 3.63) is 42.2 Å². The number of hydrogen-bond acceptors (Lipinski definition) is 8. The van der Waals surface area contributed by atoms with Crippen molar-refractivity contribution in [2.45, 2.75) is 4.90 Å². The molecular weight excluding hydrogens is 447 g/mol. The van der Waals surface area contributed by atoms with Crippen LogP contribution in [0.1, 0.15) is 0 Å². The van der Waals surface area contributed by atoms with E-state index in [0.29, 0.717) is 28.4 Å². The second kappa shape index (κ2) is 6.96. The molecule has 1 amide bonds. The molecule has 1 aliphatic rings. The Morgan fingerprint density at radius 2 is 1.80 bits per heavy atom. The third-order valence-electron chi connectivity index (χ3n) is 4.88. The van der Waals surface area contributed by atoms with Gasteiger partial charge in [-0.25, -0.2) is 22.8 Å². The van der Waals surface area contributed by atoms with Gasteiger partial charge in [0.15, 0.2) is 20.1 Å². The SMILES string of the molecule is CS(=O)(=O)c1ccc2nc(NC(=O)C3CN(c4nc5ccc(F)cc5s4)C3)sc2c1. The lowest BCUT2D eigenvalue weighted by Crippen LogP contribution is -2.52. The second-order valence-corrected chi connectivity index (χ2v) is 11.2. The molecule has 1 saturated heterocycles. The number of carbonyl (C=O) groups is 1. The zero-order valence-corrected chi connectivity index (χ0v) is 18.1. The van der Waals surface area contributed by atoms with Crippen molar-refractivity contribution in [3.63, 3.8) is 0 Å². The van der Waals surface area contributed by atoms with E-state index < -0.39 is 9.84 Å². The van der Waals surface area contributed by atoms with Gasteiger partial charge in [0.1, 0.15) is 5.82 Å². The highest BCUT2D eigenvalue weighted by molar-refractivity contribution is 7.90. The number of nitrogens with zero attached hydrogens (tertiary/aromatic N) is 3. The van der Waals surface area contributed by atoms with Gasteiger partial charge in [-0.05, 0) is 36.4 Å². The number of benzene rings is 2. The fourth-order valence-electron chi connectivity index (χ4n) is 3.22. The summed E-state index contributed by atoms with van der Waals surface area (Å²) >= 11 is 2.65. The maximum absolute atomic E-state index is 13.4. The van der Waals surface area contributed by atoms with Gasteiger partial charge in [0.2, 0.25) is 5.91 Å². The Morgan fingerprint density at radius 1 is 1.10 bits per heavy atom. The van der Waals surface area contributed by atoms with E-state index in [1.165, 1.54) is 40.9 Å². The lowest BCUT2D eigenvalue weighted by molar-refractivity contribution is -0.120. The van der Waals surface area contributed by atoms with Gasteiger partial charge in [-0.3, -0.25) is 4.79 Å². The second-order valence-electron chi connectivity index (χ2n) is 7.12. The van der Waals surface area contributed by atoms with Crippen molar-refractivity contribution in [3.8, 4) is 0 Å². The summed E-state index contributed by atoms with van der Waals surface area (Å²) < 4.78 is 38.2. The van der Waals surface area contributed by atoms with E-state index in [-0.39, 0.29) is 22.5 Å². The Labute approximate surface area is 179 Å². The maximum atomic E-state index is 13.4. The van der Waals surface area contributed by atoms with Crippen molar-refractivity contribution >= 4 is 69.1 Å². The fourth-order valence-corrected chi connectivity index (χ4v) is 5.86. The zero-order chi connectivity index (χ0) is 21.0. The molecule has 11 heteroatoms. The van der Waals surface area contributed by atoms with E-state index in [9.17, 15) is 17.6 Å². The van der Waals surface area contributed by atoms with Gasteiger partial charge in [0, 0.05) is 19.3 Å². The van der Waals surface area contributed by atoms with Gasteiger partial charge in [0.25, 0.3) is 0 Å². The van der Waals surface area contributed by atoms with E-state index >= 15 is 0 Å². The molecule has 0 saturated carbocycles. The van der Waals surface area contributed by atoms with Crippen LogP contribution in [0, 0.1) is 11.7 Å². The van der Waals surface area contributed by atoms with Gasteiger partial charge in [0.05, 0.1) is 31.2 Å². The summed E-state index contributed by atoms with van der Waals surface area (Å²) in [6.45, 7) is 1.05. The highest BCUT2D eigenvalue weighted by Gasteiger charge is 2.34. The monoisotopic (exact) mass is 462 g/mol. The Kier molecular flexibility index (Phi) is 4.49. The van der Waals surface area contributed by atoms with Crippen molar-refractivity contribution in [2.24, 2.45) is 5.92 Å². The predicted octanol–water partition coefficient (Wildman–Crippen LogP) is 3.52. The summed E-state index contributed by atoms with van der Waals surface area (Å²) in [6, 6.07) is 9.21. The number of nitrogens with one attached hydrogen (secondary N) is 1. The Balaban J connectivity index is 1.26. The van der Waals surface area contributed by atoms with E-state index in [1.807, 2.05) is 4.90 Å². The lowest BCUT2D eigenvalue weighted by Gasteiger charge is -2.37.